The molecule has 1 aromatic heterocycles. The smallest absolute Gasteiger partial charge is 0.302 e. The van der Waals surface area contributed by atoms with Crippen molar-refractivity contribution >= 4 is 29.1 Å². The van der Waals surface area contributed by atoms with Crippen LogP contribution in [-0.4, -0.2) is 58.9 Å². The number of nitrogens with zero attached hydrogens (tertiary/aromatic N) is 2. The summed E-state index contributed by atoms with van der Waals surface area (Å²) in [6.07, 6.45) is 0.396. The summed E-state index contributed by atoms with van der Waals surface area (Å²) in [5, 5.41) is 2.94. The monoisotopic (exact) mass is 486 g/mol. The number of hydrogen-bond donors (Lipinski definition) is 2. The number of nitrogens with one attached hydrogen (secondary N) is 1. The third-order valence-electron chi connectivity index (χ3n) is 6.05. The molecule has 8 nitrogen and oxygen atoms in total. The zero-order valence-corrected chi connectivity index (χ0v) is 21.3. The molecule has 0 aliphatic carbocycles. The van der Waals surface area contributed by atoms with E-state index in [1.54, 1.807) is 11.3 Å². The van der Waals surface area contributed by atoms with Crippen molar-refractivity contribution in [1.29, 1.82) is 0 Å². The number of hydrogen-bond acceptors (Lipinski definition) is 7. The van der Waals surface area contributed by atoms with E-state index in [0.717, 1.165) is 21.7 Å². The number of carbonyl (C=O) groups is 3. The van der Waals surface area contributed by atoms with Gasteiger partial charge in [0.15, 0.2) is 0 Å². The first-order valence-electron chi connectivity index (χ1n) is 11.5. The minimum atomic E-state index is -0.764. The van der Waals surface area contributed by atoms with Crippen molar-refractivity contribution in [2.75, 3.05) is 13.1 Å². The maximum Gasteiger partial charge on any atom is 0.302 e. The Labute approximate surface area is 204 Å². The van der Waals surface area contributed by atoms with Gasteiger partial charge < -0.3 is 20.7 Å². The van der Waals surface area contributed by atoms with Crippen LogP contribution < -0.4 is 11.1 Å². The molecule has 0 saturated carbocycles. The van der Waals surface area contributed by atoms with E-state index in [-0.39, 0.29) is 24.8 Å². The van der Waals surface area contributed by atoms with E-state index in [1.807, 2.05) is 45.3 Å². The highest BCUT2D eigenvalue weighted by Gasteiger charge is 2.44. The van der Waals surface area contributed by atoms with Crippen LogP contribution in [0.15, 0.2) is 29.8 Å². The van der Waals surface area contributed by atoms with Gasteiger partial charge in [-0.3, -0.25) is 14.4 Å². The van der Waals surface area contributed by atoms with Crippen LogP contribution in [0.5, 0.6) is 0 Å². The zero-order chi connectivity index (χ0) is 25.0. The van der Waals surface area contributed by atoms with Crippen LogP contribution in [0.1, 0.15) is 45.4 Å². The van der Waals surface area contributed by atoms with Gasteiger partial charge in [-0.1, -0.05) is 45.0 Å². The lowest BCUT2D eigenvalue weighted by molar-refractivity contribution is -0.147. The Kier molecular flexibility index (Phi) is 8.09. The molecule has 1 fully saturated rings. The van der Waals surface area contributed by atoms with Gasteiger partial charge in [-0.15, -0.1) is 11.3 Å². The first-order valence-corrected chi connectivity index (χ1v) is 12.4. The second-order valence-corrected chi connectivity index (χ2v) is 10.7. The lowest BCUT2D eigenvalue weighted by atomic mass is 9.86. The van der Waals surface area contributed by atoms with Gasteiger partial charge in [-0.25, -0.2) is 4.98 Å². The van der Waals surface area contributed by atoms with E-state index in [0.29, 0.717) is 13.0 Å². The number of aryl methyl sites for hydroxylation is 1. The van der Waals surface area contributed by atoms with Crippen molar-refractivity contribution in [3.05, 3.63) is 41.0 Å². The van der Waals surface area contributed by atoms with E-state index >= 15 is 0 Å². The summed E-state index contributed by atoms with van der Waals surface area (Å²) in [6, 6.07) is 6.73. The van der Waals surface area contributed by atoms with Crippen LogP contribution in [0, 0.1) is 12.3 Å². The fourth-order valence-corrected chi connectivity index (χ4v) is 4.82. The van der Waals surface area contributed by atoms with Gasteiger partial charge in [0.25, 0.3) is 0 Å². The number of rotatable bonds is 7. The maximum absolute atomic E-state index is 13.1. The van der Waals surface area contributed by atoms with Gasteiger partial charge in [0, 0.05) is 19.9 Å². The molecule has 9 heteroatoms. The predicted molar refractivity (Wildman–Crippen MR) is 132 cm³/mol. The standard InChI is InChI=1S/C25H34N4O4S/c1-15-21(34-14-28-15)18-8-6-17(7-9-18)10-11-27-23(31)20-12-19(33-16(2)30)13-29(20)24(32)22(26)25(3,4)5/h6-9,14,19-20,22H,10-13,26H2,1-5H3,(H,27,31)/t19?,20?,22-/m0/s1. The quantitative estimate of drug-likeness (QED) is 0.582. The third-order valence-corrected chi connectivity index (χ3v) is 7.03. The fraction of sp³-hybridized carbons (Fsp3) is 0.520. The van der Waals surface area contributed by atoms with Crippen LogP contribution >= 0.6 is 11.3 Å². The Hall–Kier alpha value is -2.78. The van der Waals surface area contributed by atoms with Crippen LogP contribution in [-0.2, 0) is 25.5 Å². The molecule has 3 atom stereocenters. The highest BCUT2D eigenvalue weighted by molar-refractivity contribution is 7.13. The number of amides is 2. The Morgan fingerprint density at radius 3 is 2.50 bits per heavy atom. The highest BCUT2D eigenvalue weighted by atomic mass is 32.1. The van der Waals surface area contributed by atoms with Gasteiger partial charge >= 0.3 is 5.97 Å². The van der Waals surface area contributed by atoms with Gasteiger partial charge in [0.2, 0.25) is 11.8 Å². The summed E-state index contributed by atoms with van der Waals surface area (Å²) in [5.41, 5.74) is 10.8. The predicted octanol–water partition coefficient (Wildman–Crippen LogP) is 2.68. The van der Waals surface area contributed by atoms with Crippen LogP contribution in [0.3, 0.4) is 0 Å². The molecule has 0 bridgehead atoms. The van der Waals surface area contributed by atoms with Crippen molar-refractivity contribution in [3.63, 3.8) is 0 Å². The zero-order valence-electron chi connectivity index (χ0n) is 20.5. The lowest BCUT2D eigenvalue weighted by Gasteiger charge is -2.32. The van der Waals surface area contributed by atoms with Crippen molar-refractivity contribution in [1.82, 2.24) is 15.2 Å². The average molecular weight is 487 g/mol. The van der Waals surface area contributed by atoms with E-state index in [4.69, 9.17) is 10.5 Å². The van der Waals surface area contributed by atoms with E-state index in [1.165, 1.54) is 11.8 Å². The van der Waals surface area contributed by atoms with Crippen molar-refractivity contribution in [2.24, 2.45) is 11.1 Å². The summed E-state index contributed by atoms with van der Waals surface area (Å²) in [4.78, 5) is 44.4. The van der Waals surface area contributed by atoms with Crippen molar-refractivity contribution < 1.29 is 19.1 Å². The topological polar surface area (TPSA) is 115 Å². The highest BCUT2D eigenvalue weighted by Crippen LogP contribution is 2.28. The number of esters is 1. The Morgan fingerprint density at radius 2 is 1.94 bits per heavy atom. The van der Waals surface area contributed by atoms with Gasteiger partial charge in [-0.05, 0) is 29.9 Å². The number of carbonyl (C=O) groups excluding carboxylic acids is 3. The summed E-state index contributed by atoms with van der Waals surface area (Å²) in [6.45, 7) is 9.55. The normalized spacial score (nSPS) is 19.1. The minimum Gasteiger partial charge on any atom is -0.461 e. The lowest BCUT2D eigenvalue weighted by Crippen LogP contribution is -2.55. The molecule has 1 aliphatic heterocycles. The fourth-order valence-electron chi connectivity index (χ4n) is 4.01. The Balaban J connectivity index is 1.61. The minimum absolute atomic E-state index is 0.165. The van der Waals surface area contributed by atoms with Crippen LogP contribution in [0.2, 0.25) is 0 Å². The van der Waals surface area contributed by atoms with E-state index in [9.17, 15) is 14.4 Å². The first-order chi connectivity index (χ1) is 16.0. The number of aromatic nitrogens is 1. The van der Waals surface area contributed by atoms with Gasteiger partial charge in [0.1, 0.15) is 12.1 Å². The summed E-state index contributed by atoms with van der Waals surface area (Å²) < 4.78 is 5.30. The molecule has 0 spiro atoms. The molecule has 3 N–H and O–H groups in total. The third kappa shape index (κ3) is 6.21. The molecule has 184 valence electrons. The molecule has 1 aliphatic rings. The molecule has 1 aromatic carbocycles. The van der Waals surface area contributed by atoms with Crippen molar-refractivity contribution in [3.8, 4) is 10.4 Å². The second-order valence-electron chi connectivity index (χ2n) is 9.82. The number of ether oxygens (including phenoxy) is 1. The van der Waals surface area contributed by atoms with Crippen LogP contribution in [0.25, 0.3) is 10.4 Å². The second kappa shape index (κ2) is 10.7. The number of thiazole rings is 1. The van der Waals surface area contributed by atoms with Gasteiger partial charge in [0.05, 0.1) is 28.7 Å². The molecular formula is C25H34N4O4S. The molecule has 0 radical (unpaired) electrons. The number of nitrogens with two attached hydrogens (primary N) is 1. The summed E-state index contributed by atoms with van der Waals surface area (Å²) in [5.74, 6) is -1.01. The molecule has 3 rings (SSSR count). The first kappa shape index (κ1) is 25.8. The van der Waals surface area contributed by atoms with Crippen molar-refractivity contribution in [2.45, 2.75) is 65.6 Å². The molecule has 2 amide bonds. The Bertz CT molecular complexity index is 1030. The van der Waals surface area contributed by atoms with Crippen LogP contribution in [0.4, 0.5) is 0 Å². The van der Waals surface area contributed by atoms with E-state index < -0.39 is 29.6 Å². The molecule has 2 heterocycles. The SMILES string of the molecule is CC(=O)OC1CC(C(=O)NCCc2ccc(-c3scnc3C)cc2)N(C(=O)[C@H](N)C(C)(C)C)C1. The molecular weight excluding hydrogens is 452 g/mol. The molecule has 34 heavy (non-hydrogen) atoms. The summed E-state index contributed by atoms with van der Waals surface area (Å²) >= 11 is 1.61. The largest absolute Gasteiger partial charge is 0.461 e. The molecule has 2 aromatic rings. The van der Waals surface area contributed by atoms with E-state index in [2.05, 4.69) is 22.4 Å². The Morgan fingerprint density at radius 1 is 1.26 bits per heavy atom. The molecule has 1 saturated heterocycles. The summed E-state index contributed by atoms with van der Waals surface area (Å²) in [7, 11) is 0. The number of likely N-dealkylation sites (tertiary alicyclic amines) is 1. The average Bonchev–Trinajstić information content (AvgIpc) is 3.38. The van der Waals surface area contributed by atoms with Gasteiger partial charge in [-0.2, -0.15) is 0 Å². The maximum atomic E-state index is 13.1. The molecule has 2 unspecified atom stereocenters. The number of benzene rings is 1.